The van der Waals surface area contributed by atoms with E-state index in [1.165, 1.54) is 6.20 Å². The number of aliphatic hydroxyl groups is 2. The number of nitrogens with zero attached hydrogens (tertiary/aromatic N) is 3. The molecule has 20 heavy (non-hydrogen) atoms. The van der Waals surface area contributed by atoms with Gasteiger partial charge >= 0.3 is 0 Å². The van der Waals surface area contributed by atoms with Crippen LogP contribution in [0.1, 0.15) is 28.7 Å². The SMILES string of the molecule is Cc1cc2ncc(C(=O)NC(C)(CO)CO)c(C)n2n1. The van der Waals surface area contributed by atoms with E-state index in [-0.39, 0.29) is 13.2 Å². The molecule has 2 aromatic heterocycles. The smallest absolute Gasteiger partial charge is 0.255 e. The standard InChI is InChI=1S/C13H18N4O3/c1-8-4-11-14-5-10(9(2)17(11)16-8)12(20)15-13(3,6-18)7-19/h4-5,18-19H,6-7H2,1-3H3,(H,15,20). The second kappa shape index (κ2) is 5.18. The molecule has 1 amide bonds. The monoisotopic (exact) mass is 278 g/mol. The van der Waals surface area contributed by atoms with Crippen molar-refractivity contribution in [2.45, 2.75) is 26.3 Å². The van der Waals surface area contributed by atoms with Gasteiger partial charge in [0.05, 0.1) is 35.7 Å². The zero-order valence-electron chi connectivity index (χ0n) is 11.7. The average Bonchev–Trinajstić information content (AvgIpc) is 2.80. The normalized spacial score (nSPS) is 11.8. The van der Waals surface area contributed by atoms with E-state index in [1.54, 1.807) is 18.4 Å². The summed E-state index contributed by atoms with van der Waals surface area (Å²) in [6.07, 6.45) is 1.47. The van der Waals surface area contributed by atoms with E-state index in [2.05, 4.69) is 15.4 Å². The Bertz CT molecular complexity index is 646. The second-order valence-electron chi connectivity index (χ2n) is 5.14. The maximum atomic E-state index is 12.2. The lowest BCUT2D eigenvalue weighted by molar-refractivity contribution is 0.0722. The van der Waals surface area contributed by atoms with Crippen molar-refractivity contribution in [2.75, 3.05) is 13.2 Å². The fourth-order valence-electron chi connectivity index (χ4n) is 1.86. The van der Waals surface area contributed by atoms with Crippen molar-refractivity contribution in [2.24, 2.45) is 0 Å². The molecule has 0 aliphatic heterocycles. The summed E-state index contributed by atoms with van der Waals surface area (Å²) in [5.41, 5.74) is 1.42. The van der Waals surface area contributed by atoms with Gasteiger partial charge in [0.2, 0.25) is 0 Å². The fraction of sp³-hybridized carbons (Fsp3) is 0.462. The first-order valence-electron chi connectivity index (χ1n) is 6.26. The minimum absolute atomic E-state index is 0.355. The molecule has 2 aromatic rings. The number of rotatable bonds is 4. The largest absolute Gasteiger partial charge is 0.394 e. The molecule has 0 aliphatic rings. The fourth-order valence-corrected chi connectivity index (χ4v) is 1.86. The molecule has 108 valence electrons. The van der Waals surface area contributed by atoms with Crippen LogP contribution in [0.4, 0.5) is 0 Å². The average molecular weight is 278 g/mol. The van der Waals surface area contributed by atoms with Crippen LogP contribution in [0.25, 0.3) is 5.65 Å². The van der Waals surface area contributed by atoms with Crippen molar-refractivity contribution in [1.82, 2.24) is 19.9 Å². The first-order valence-corrected chi connectivity index (χ1v) is 6.26. The molecule has 0 aromatic carbocycles. The number of aliphatic hydroxyl groups excluding tert-OH is 2. The Kier molecular flexibility index (Phi) is 3.74. The molecular formula is C13H18N4O3. The van der Waals surface area contributed by atoms with Crippen molar-refractivity contribution in [3.63, 3.8) is 0 Å². The van der Waals surface area contributed by atoms with Gasteiger partial charge in [0.1, 0.15) is 0 Å². The molecular weight excluding hydrogens is 260 g/mol. The molecule has 0 atom stereocenters. The molecule has 0 bridgehead atoms. The maximum absolute atomic E-state index is 12.2. The third-order valence-corrected chi connectivity index (χ3v) is 3.20. The summed E-state index contributed by atoms with van der Waals surface area (Å²) in [5.74, 6) is -0.407. The summed E-state index contributed by atoms with van der Waals surface area (Å²) in [6, 6.07) is 1.82. The number of aromatic nitrogens is 3. The van der Waals surface area contributed by atoms with Crippen molar-refractivity contribution >= 4 is 11.6 Å². The first kappa shape index (κ1) is 14.4. The van der Waals surface area contributed by atoms with Gasteiger partial charge in [-0.05, 0) is 20.8 Å². The summed E-state index contributed by atoms with van der Waals surface area (Å²) in [5, 5.41) is 25.3. The van der Waals surface area contributed by atoms with Gasteiger partial charge in [0.25, 0.3) is 5.91 Å². The van der Waals surface area contributed by atoms with Gasteiger partial charge in [-0.1, -0.05) is 0 Å². The molecule has 0 aliphatic carbocycles. The second-order valence-corrected chi connectivity index (χ2v) is 5.14. The highest BCUT2D eigenvalue weighted by Gasteiger charge is 2.26. The maximum Gasteiger partial charge on any atom is 0.255 e. The molecule has 3 N–H and O–H groups in total. The number of amides is 1. The molecule has 0 unspecified atom stereocenters. The summed E-state index contributed by atoms with van der Waals surface area (Å²) in [7, 11) is 0. The van der Waals surface area contributed by atoms with Crippen LogP contribution in [0.15, 0.2) is 12.3 Å². The van der Waals surface area contributed by atoms with Crippen LogP contribution in [0.3, 0.4) is 0 Å². The minimum Gasteiger partial charge on any atom is -0.394 e. The highest BCUT2D eigenvalue weighted by Crippen LogP contribution is 2.12. The summed E-state index contributed by atoms with van der Waals surface area (Å²) in [4.78, 5) is 16.4. The molecule has 2 heterocycles. The zero-order chi connectivity index (χ0) is 14.9. The van der Waals surface area contributed by atoms with Gasteiger partial charge in [0, 0.05) is 12.3 Å². The highest BCUT2D eigenvalue weighted by molar-refractivity contribution is 5.95. The lowest BCUT2D eigenvalue weighted by Gasteiger charge is -2.26. The molecule has 0 fully saturated rings. The molecule has 0 radical (unpaired) electrons. The minimum atomic E-state index is -1.07. The first-order chi connectivity index (χ1) is 9.40. The Morgan fingerprint density at radius 3 is 2.65 bits per heavy atom. The Balaban J connectivity index is 2.37. The number of aryl methyl sites for hydroxylation is 2. The van der Waals surface area contributed by atoms with Crippen molar-refractivity contribution in [3.05, 3.63) is 29.2 Å². The van der Waals surface area contributed by atoms with Crippen molar-refractivity contribution < 1.29 is 15.0 Å². The number of carbonyl (C=O) groups excluding carboxylic acids is 1. The van der Waals surface area contributed by atoms with E-state index in [0.29, 0.717) is 16.9 Å². The van der Waals surface area contributed by atoms with Gasteiger partial charge in [-0.3, -0.25) is 4.79 Å². The van der Waals surface area contributed by atoms with Crippen LogP contribution in [-0.4, -0.2) is 49.5 Å². The third-order valence-electron chi connectivity index (χ3n) is 3.20. The number of nitrogens with one attached hydrogen (secondary N) is 1. The van der Waals surface area contributed by atoms with Crippen molar-refractivity contribution in [3.8, 4) is 0 Å². The quantitative estimate of drug-likeness (QED) is 0.720. The number of carbonyl (C=O) groups is 1. The van der Waals surface area contributed by atoms with E-state index >= 15 is 0 Å². The van der Waals surface area contributed by atoms with Gasteiger partial charge < -0.3 is 15.5 Å². The van der Waals surface area contributed by atoms with Gasteiger partial charge in [-0.15, -0.1) is 0 Å². The van der Waals surface area contributed by atoms with Gasteiger partial charge in [0.15, 0.2) is 5.65 Å². The molecule has 0 spiro atoms. The number of hydrogen-bond donors (Lipinski definition) is 3. The Morgan fingerprint density at radius 1 is 1.40 bits per heavy atom. The Morgan fingerprint density at radius 2 is 2.05 bits per heavy atom. The lowest BCUT2D eigenvalue weighted by Crippen LogP contribution is -2.52. The number of hydrogen-bond acceptors (Lipinski definition) is 5. The molecule has 7 heteroatoms. The van der Waals surface area contributed by atoms with Gasteiger partial charge in [-0.25, -0.2) is 9.50 Å². The Hall–Kier alpha value is -1.99. The molecule has 0 saturated heterocycles. The van der Waals surface area contributed by atoms with E-state index in [1.807, 2.05) is 13.0 Å². The van der Waals surface area contributed by atoms with Crippen LogP contribution in [0.2, 0.25) is 0 Å². The lowest BCUT2D eigenvalue weighted by atomic mass is 10.0. The predicted octanol–water partition coefficient (Wildman–Crippen LogP) is -0.181. The summed E-state index contributed by atoms with van der Waals surface area (Å²) in [6.45, 7) is 4.47. The number of fused-ring (bicyclic) bond motifs is 1. The van der Waals surface area contributed by atoms with Crippen LogP contribution in [-0.2, 0) is 0 Å². The van der Waals surface area contributed by atoms with E-state index < -0.39 is 11.4 Å². The third kappa shape index (κ3) is 2.50. The molecule has 2 rings (SSSR count). The molecule has 0 saturated carbocycles. The van der Waals surface area contributed by atoms with Crippen LogP contribution >= 0.6 is 0 Å². The predicted molar refractivity (Wildman–Crippen MR) is 72.5 cm³/mol. The van der Waals surface area contributed by atoms with Gasteiger partial charge in [-0.2, -0.15) is 5.10 Å². The van der Waals surface area contributed by atoms with E-state index in [9.17, 15) is 15.0 Å². The molecule has 7 nitrogen and oxygen atoms in total. The summed E-state index contributed by atoms with van der Waals surface area (Å²) >= 11 is 0. The van der Waals surface area contributed by atoms with Crippen LogP contribution in [0, 0.1) is 13.8 Å². The van der Waals surface area contributed by atoms with E-state index in [4.69, 9.17) is 0 Å². The van der Waals surface area contributed by atoms with E-state index in [0.717, 1.165) is 5.69 Å². The zero-order valence-corrected chi connectivity index (χ0v) is 11.7. The topological polar surface area (TPSA) is 99.8 Å². The van der Waals surface area contributed by atoms with Crippen LogP contribution in [0.5, 0.6) is 0 Å². The van der Waals surface area contributed by atoms with Crippen molar-refractivity contribution in [1.29, 1.82) is 0 Å². The highest BCUT2D eigenvalue weighted by atomic mass is 16.3. The Labute approximate surface area is 116 Å². The van der Waals surface area contributed by atoms with Crippen LogP contribution < -0.4 is 5.32 Å². The summed E-state index contributed by atoms with van der Waals surface area (Å²) < 4.78 is 1.60.